The number of rotatable bonds is 4. The van der Waals surface area contributed by atoms with E-state index >= 15 is 0 Å². The molecule has 3 heteroatoms. The van der Waals surface area contributed by atoms with Gasteiger partial charge in [0, 0.05) is 6.54 Å². The van der Waals surface area contributed by atoms with Crippen molar-refractivity contribution in [3.8, 4) is 0 Å². The van der Waals surface area contributed by atoms with E-state index in [-0.39, 0.29) is 11.4 Å². The van der Waals surface area contributed by atoms with Crippen molar-refractivity contribution in [2.75, 3.05) is 13.2 Å². The van der Waals surface area contributed by atoms with Crippen molar-refractivity contribution in [2.45, 2.75) is 26.2 Å². The van der Waals surface area contributed by atoms with Crippen molar-refractivity contribution in [3.63, 3.8) is 0 Å². The Bertz CT molecular complexity index is 152. The van der Waals surface area contributed by atoms with Crippen LogP contribution in [0.4, 0.5) is 0 Å². The van der Waals surface area contributed by atoms with E-state index in [2.05, 4.69) is 0 Å². The second-order valence-electron chi connectivity index (χ2n) is 3.12. The zero-order valence-corrected chi connectivity index (χ0v) is 6.93. The Morgan fingerprint density at radius 1 is 1.64 bits per heavy atom. The first-order valence-electron chi connectivity index (χ1n) is 4.12. The second kappa shape index (κ2) is 3.22. The van der Waals surface area contributed by atoms with E-state index in [0.717, 1.165) is 19.3 Å². The van der Waals surface area contributed by atoms with Gasteiger partial charge in [-0.3, -0.25) is 4.79 Å². The van der Waals surface area contributed by atoms with E-state index in [0.29, 0.717) is 13.2 Å². The molecule has 64 valence electrons. The summed E-state index contributed by atoms with van der Waals surface area (Å²) in [5, 5.41) is 0. The predicted molar refractivity (Wildman–Crippen MR) is 42.0 cm³/mol. The quantitative estimate of drug-likeness (QED) is 0.610. The van der Waals surface area contributed by atoms with Crippen LogP contribution >= 0.6 is 0 Å². The van der Waals surface area contributed by atoms with Crippen molar-refractivity contribution in [2.24, 2.45) is 11.1 Å². The van der Waals surface area contributed by atoms with Gasteiger partial charge in [-0.15, -0.1) is 0 Å². The van der Waals surface area contributed by atoms with Gasteiger partial charge in [0.25, 0.3) is 0 Å². The van der Waals surface area contributed by atoms with Crippen LogP contribution in [0.15, 0.2) is 0 Å². The van der Waals surface area contributed by atoms with Crippen LogP contribution in [0.3, 0.4) is 0 Å². The first-order valence-corrected chi connectivity index (χ1v) is 4.12. The molecule has 2 N–H and O–H groups in total. The summed E-state index contributed by atoms with van der Waals surface area (Å²) < 4.78 is 4.99. The number of carbonyl (C=O) groups excluding carboxylic acids is 1. The summed E-state index contributed by atoms with van der Waals surface area (Å²) in [4.78, 5) is 11.2. The lowest BCUT2D eigenvalue weighted by atomic mass is 10.1. The van der Waals surface area contributed by atoms with E-state index in [4.69, 9.17) is 10.5 Å². The van der Waals surface area contributed by atoms with Crippen LogP contribution < -0.4 is 5.73 Å². The highest BCUT2D eigenvalue weighted by Crippen LogP contribution is 2.45. The average molecular weight is 157 g/mol. The van der Waals surface area contributed by atoms with Gasteiger partial charge >= 0.3 is 5.97 Å². The number of hydrogen-bond donors (Lipinski definition) is 1. The van der Waals surface area contributed by atoms with Gasteiger partial charge in [-0.05, 0) is 19.3 Å². The molecule has 0 aromatic carbocycles. The number of esters is 1. The topological polar surface area (TPSA) is 52.3 Å². The van der Waals surface area contributed by atoms with Crippen LogP contribution in [0, 0.1) is 5.41 Å². The maximum Gasteiger partial charge on any atom is 0.313 e. The Kier molecular flexibility index (Phi) is 2.49. The van der Waals surface area contributed by atoms with Crippen molar-refractivity contribution < 1.29 is 9.53 Å². The third-order valence-electron chi connectivity index (χ3n) is 2.11. The Morgan fingerprint density at radius 3 is 2.64 bits per heavy atom. The maximum absolute atomic E-state index is 11.2. The summed E-state index contributed by atoms with van der Waals surface area (Å²) in [6.07, 6.45) is 2.70. The summed E-state index contributed by atoms with van der Waals surface area (Å²) in [7, 11) is 0. The second-order valence-corrected chi connectivity index (χ2v) is 3.12. The fourth-order valence-electron chi connectivity index (χ4n) is 0.990. The van der Waals surface area contributed by atoms with Crippen LogP contribution in [0.2, 0.25) is 0 Å². The molecule has 0 aromatic heterocycles. The van der Waals surface area contributed by atoms with Crippen LogP contribution in [-0.4, -0.2) is 19.1 Å². The minimum Gasteiger partial charge on any atom is -0.465 e. The van der Waals surface area contributed by atoms with E-state index in [1.54, 1.807) is 0 Å². The van der Waals surface area contributed by atoms with Crippen molar-refractivity contribution in [1.82, 2.24) is 0 Å². The smallest absolute Gasteiger partial charge is 0.313 e. The van der Waals surface area contributed by atoms with Crippen molar-refractivity contribution in [3.05, 3.63) is 0 Å². The van der Waals surface area contributed by atoms with E-state index in [1.165, 1.54) is 0 Å². The fraction of sp³-hybridized carbons (Fsp3) is 0.875. The SMILES string of the molecule is CCCOC(=O)C1(CN)CC1. The summed E-state index contributed by atoms with van der Waals surface area (Å²) in [6, 6.07) is 0. The van der Waals surface area contributed by atoms with Gasteiger partial charge in [-0.2, -0.15) is 0 Å². The summed E-state index contributed by atoms with van der Waals surface area (Å²) in [5.74, 6) is -0.0955. The van der Waals surface area contributed by atoms with Gasteiger partial charge in [-0.25, -0.2) is 0 Å². The minimum atomic E-state index is -0.283. The van der Waals surface area contributed by atoms with E-state index in [1.807, 2.05) is 6.92 Å². The third kappa shape index (κ3) is 1.71. The van der Waals surface area contributed by atoms with Gasteiger partial charge in [-0.1, -0.05) is 6.92 Å². The highest BCUT2D eigenvalue weighted by atomic mass is 16.5. The van der Waals surface area contributed by atoms with Gasteiger partial charge in [0.1, 0.15) is 0 Å². The van der Waals surface area contributed by atoms with Crippen molar-refractivity contribution in [1.29, 1.82) is 0 Å². The molecule has 0 atom stereocenters. The molecule has 0 saturated heterocycles. The Hall–Kier alpha value is -0.570. The minimum absolute atomic E-state index is 0.0955. The van der Waals surface area contributed by atoms with Crippen molar-refractivity contribution >= 4 is 5.97 Å². The molecule has 0 heterocycles. The lowest BCUT2D eigenvalue weighted by Gasteiger charge is -2.10. The lowest BCUT2D eigenvalue weighted by Crippen LogP contribution is -2.27. The molecule has 0 unspecified atom stereocenters. The summed E-state index contributed by atoms with van der Waals surface area (Å²) in [6.45, 7) is 2.95. The molecule has 0 spiro atoms. The Morgan fingerprint density at radius 2 is 2.27 bits per heavy atom. The predicted octanol–water partition coefficient (Wildman–Crippen LogP) is 0.678. The zero-order valence-electron chi connectivity index (χ0n) is 6.93. The van der Waals surface area contributed by atoms with Crippen LogP contribution in [-0.2, 0) is 9.53 Å². The number of carbonyl (C=O) groups is 1. The molecule has 0 radical (unpaired) electrons. The van der Waals surface area contributed by atoms with Crippen LogP contribution in [0.5, 0.6) is 0 Å². The van der Waals surface area contributed by atoms with Gasteiger partial charge in [0.2, 0.25) is 0 Å². The Balaban J connectivity index is 2.29. The van der Waals surface area contributed by atoms with Gasteiger partial charge in [0.15, 0.2) is 0 Å². The number of ether oxygens (including phenoxy) is 1. The molecule has 0 aliphatic heterocycles. The molecule has 1 rings (SSSR count). The maximum atomic E-state index is 11.2. The van der Waals surface area contributed by atoms with Crippen LogP contribution in [0.1, 0.15) is 26.2 Å². The van der Waals surface area contributed by atoms with Gasteiger partial charge < -0.3 is 10.5 Å². The normalized spacial score (nSPS) is 19.5. The summed E-state index contributed by atoms with van der Waals surface area (Å²) >= 11 is 0. The summed E-state index contributed by atoms with van der Waals surface area (Å²) in [5.41, 5.74) is 5.16. The highest BCUT2D eigenvalue weighted by molar-refractivity contribution is 5.80. The highest BCUT2D eigenvalue weighted by Gasteiger charge is 2.49. The number of nitrogens with two attached hydrogens (primary N) is 1. The van der Waals surface area contributed by atoms with Crippen LogP contribution in [0.25, 0.3) is 0 Å². The van der Waals surface area contributed by atoms with E-state index < -0.39 is 0 Å². The monoisotopic (exact) mass is 157 g/mol. The molecular formula is C8H15NO2. The largest absolute Gasteiger partial charge is 0.465 e. The molecule has 3 nitrogen and oxygen atoms in total. The Labute approximate surface area is 66.9 Å². The van der Waals surface area contributed by atoms with E-state index in [9.17, 15) is 4.79 Å². The van der Waals surface area contributed by atoms with Gasteiger partial charge in [0.05, 0.1) is 12.0 Å². The first-order chi connectivity index (χ1) is 5.25. The lowest BCUT2D eigenvalue weighted by molar-refractivity contribution is -0.149. The molecule has 1 fully saturated rings. The molecule has 1 aliphatic carbocycles. The molecule has 1 aliphatic rings. The molecule has 0 aromatic rings. The zero-order chi connectivity index (χ0) is 8.32. The molecule has 11 heavy (non-hydrogen) atoms. The molecule has 0 bridgehead atoms. The molecule has 1 saturated carbocycles. The average Bonchev–Trinajstić information content (AvgIpc) is 2.80. The standard InChI is InChI=1S/C8H15NO2/c1-2-5-11-7(10)8(6-9)3-4-8/h2-6,9H2,1H3. The third-order valence-corrected chi connectivity index (χ3v) is 2.11. The molecule has 0 amide bonds. The first kappa shape index (κ1) is 8.53. The fourth-order valence-corrected chi connectivity index (χ4v) is 0.990. The molecular weight excluding hydrogens is 142 g/mol. The number of hydrogen-bond acceptors (Lipinski definition) is 3.